The van der Waals surface area contributed by atoms with E-state index in [4.69, 9.17) is 0 Å². The number of carbonyl (C=O) groups excluding carboxylic acids is 1. The van der Waals surface area contributed by atoms with Gasteiger partial charge in [0.25, 0.3) is 0 Å². The minimum Gasteiger partial charge on any atom is -0.353 e. The summed E-state index contributed by atoms with van der Waals surface area (Å²) in [4.78, 5) is 15.1. The van der Waals surface area contributed by atoms with Crippen LogP contribution in [0.4, 0.5) is 0 Å². The molecular weight excluding hydrogens is 332 g/mol. The summed E-state index contributed by atoms with van der Waals surface area (Å²) in [7, 11) is 0. The molecule has 3 atom stereocenters. The summed E-state index contributed by atoms with van der Waals surface area (Å²) in [6, 6.07) is 11.3. The quantitative estimate of drug-likeness (QED) is 0.778. The van der Waals surface area contributed by atoms with Gasteiger partial charge in [-0.05, 0) is 67.5 Å². The predicted molar refractivity (Wildman–Crippen MR) is 111 cm³/mol. The molecule has 3 heteroatoms. The number of nitrogens with zero attached hydrogens (tertiary/aromatic N) is 1. The number of fused-ring (bicyclic) bond motifs is 1. The van der Waals surface area contributed by atoms with E-state index in [2.05, 4.69) is 60.5 Å². The van der Waals surface area contributed by atoms with Gasteiger partial charge in [-0.1, -0.05) is 50.3 Å². The zero-order chi connectivity index (χ0) is 18.8. The second-order valence-corrected chi connectivity index (χ2v) is 9.30. The average Bonchev–Trinajstić information content (AvgIpc) is 3.45. The van der Waals surface area contributed by atoms with Crippen LogP contribution in [0.2, 0.25) is 0 Å². The molecule has 0 radical (unpaired) electrons. The van der Waals surface area contributed by atoms with Gasteiger partial charge in [-0.15, -0.1) is 0 Å². The molecule has 0 unspecified atom stereocenters. The van der Waals surface area contributed by atoms with Crippen LogP contribution in [0.25, 0.3) is 5.57 Å². The Morgan fingerprint density at radius 2 is 2.00 bits per heavy atom. The predicted octanol–water partition coefficient (Wildman–Crippen LogP) is 4.35. The number of likely N-dealkylation sites (tertiary alicyclic amines) is 1. The van der Waals surface area contributed by atoms with Gasteiger partial charge in [-0.2, -0.15) is 0 Å². The largest absolute Gasteiger partial charge is 0.353 e. The molecule has 3 aliphatic rings. The third kappa shape index (κ3) is 4.63. The molecule has 27 heavy (non-hydrogen) atoms. The monoisotopic (exact) mass is 366 g/mol. The van der Waals surface area contributed by atoms with Gasteiger partial charge in [0.2, 0.25) is 5.91 Å². The first kappa shape index (κ1) is 18.7. The summed E-state index contributed by atoms with van der Waals surface area (Å²) in [6.07, 6.45) is 8.29. The maximum atomic E-state index is 12.5. The molecule has 0 aromatic heterocycles. The summed E-state index contributed by atoms with van der Waals surface area (Å²) in [5.41, 5.74) is 2.79. The van der Waals surface area contributed by atoms with Crippen LogP contribution in [0.1, 0.15) is 51.5 Å². The number of carbonyl (C=O) groups is 1. The topological polar surface area (TPSA) is 32.3 Å². The summed E-state index contributed by atoms with van der Waals surface area (Å²) in [6.45, 7) is 7.82. The molecule has 2 saturated carbocycles. The van der Waals surface area contributed by atoms with E-state index in [0.717, 1.165) is 31.8 Å². The van der Waals surface area contributed by atoms with Crippen LogP contribution in [-0.2, 0) is 4.79 Å². The molecule has 3 nitrogen and oxygen atoms in total. The van der Waals surface area contributed by atoms with Crippen LogP contribution in [0.3, 0.4) is 0 Å². The van der Waals surface area contributed by atoms with Crippen LogP contribution in [0.15, 0.2) is 36.4 Å². The number of nitrogens with one attached hydrogen (secondary N) is 1. The van der Waals surface area contributed by atoms with Gasteiger partial charge in [-0.25, -0.2) is 0 Å². The molecule has 3 fully saturated rings. The van der Waals surface area contributed by atoms with Gasteiger partial charge >= 0.3 is 0 Å². The first-order valence-corrected chi connectivity index (χ1v) is 10.9. The van der Waals surface area contributed by atoms with Crippen LogP contribution >= 0.6 is 0 Å². The number of allylic oxidation sites excluding steroid dienone is 1. The SMILES string of the molecule is CC(C)C/C=C(\CN1CC[C@@H]2C[C@@H](C(=O)NC3CC3)[C@@H]2C1)c1ccccc1. The highest BCUT2D eigenvalue weighted by Crippen LogP contribution is 2.46. The van der Waals surface area contributed by atoms with Gasteiger partial charge in [0.05, 0.1) is 0 Å². The van der Waals surface area contributed by atoms with Gasteiger partial charge in [0.15, 0.2) is 0 Å². The van der Waals surface area contributed by atoms with Crippen molar-refractivity contribution in [3.05, 3.63) is 42.0 Å². The number of benzene rings is 1. The molecule has 1 N–H and O–H groups in total. The summed E-state index contributed by atoms with van der Waals surface area (Å²) in [5, 5.41) is 3.23. The van der Waals surface area contributed by atoms with E-state index in [-0.39, 0.29) is 5.92 Å². The van der Waals surface area contributed by atoms with Gasteiger partial charge in [-0.3, -0.25) is 9.69 Å². The molecule has 1 aromatic rings. The van der Waals surface area contributed by atoms with Gasteiger partial charge in [0, 0.05) is 25.0 Å². The lowest BCUT2D eigenvalue weighted by molar-refractivity contribution is -0.136. The molecule has 1 saturated heterocycles. The Morgan fingerprint density at radius 3 is 2.70 bits per heavy atom. The minimum atomic E-state index is 0.262. The average molecular weight is 367 g/mol. The molecule has 1 aliphatic heterocycles. The third-order valence-electron chi connectivity index (χ3n) is 6.60. The zero-order valence-corrected chi connectivity index (χ0v) is 16.9. The van der Waals surface area contributed by atoms with E-state index < -0.39 is 0 Å². The molecule has 0 bridgehead atoms. The maximum absolute atomic E-state index is 12.5. The fourth-order valence-corrected chi connectivity index (χ4v) is 4.68. The highest BCUT2D eigenvalue weighted by atomic mass is 16.2. The van der Waals surface area contributed by atoms with E-state index in [1.54, 1.807) is 0 Å². The molecule has 2 aliphatic carbocycles. The molecule has 1 heterocycles. The molecule has 146 valence electrons. The molecule has 1 aromatic carbocycles. The first-order valence-electron chi connectivity index (χ1n) is 10.9. The fourth-order valence-electron chi connectivity index (χ4n) is 4.68. The van der Waals surface area contributed by atoms with E-state index in [0.29, 0.717) is 23.8 Å². The van der Waals surface area contributed by atoms with E-state index in [9.17, 15) is 4.79 Å². The molecule has 4 rings (SSSR count). The molecule has 1 amide bonds. The van der Waals surface area contributed by atoms with Crippen LogP contribution in [0, 0.1) is 23.7 Å². The Hall–Kier alpha value is -1.61. The van der Waals surface area contributed by atoms with Crippen molar-refractivity contribution < 1.29 is 4.79 Å². The van der Waals surface area contributed by atoms with Crippen LogP contribution < -0.4 is 5.32 Å². The lowest BCUT2D eigenvalue weighted by Gasteiger charge is -2.50. The highest BCUT2D eigenvalue weighted by molar-refractivity contribution is 5.80. The lowest BCUT2D eigenvalue weighted by Crippen LogP contribution is -2.55. The smallest absolute Gasteiger partial charge is 0.223 e. The van der Waals surface area contributed by atoms with E-state index in [1.807, 2.05) is 0 Å². The molecule has 0 spiro atoms. The fraction of sp³-hybridized carbons (Fsp3) is 0.625. The van der Waals surface area contributed by atoms with Crippen LogP contribution in [0.5, 0.6) is 0 Å². The lowest BCUT2D eigenvalue weighted by atomic mass is 9.61. The Balaban J connectivity index is 1.39. The van der Waals surface area contributed by atoms with Crippen LogP contribution in [-0.4, -0.2) is 36.5 Å². The second-order valence-electron chi connectivity index (χ2n) is 9.30. The van der Waals surface area contributed by atoms with Crippen molar-refractivity contribution in [2.75, 3.05) is 19.6 Å². The Morgan fingerprint density at radius 1 is 1.22 bits per heavy atom. The van der Waals surface area contributed by atoms with Crippen molar-refractivity contribution in [2.45, 2.75) is 52.0 Å². The summed E-state index contributed by atoms with van der Waals surface area (Å²) in [5.74, 6) is 2.62. The van der Waals surface area contributed by atoms with Gasteiger partial charge in [0.1, 0.15) is 0 Å². The standard InChI is InChI=1S/C24H34N2O/c1-17(2)8-9-20(18-6-4-3-5-7-18)15-26-13-12-19-14-22(23(19)16-26)24(27)25-21-10-11-21/h3-7,9,17,19,21-23H,8,10-16H2,1-2H3,(H,25,27)/b20-9+/t19-,22-,23-/m1/s1. The van der Waals surface area contributed by atoms with Crippen molar-refractivity contribution in [3.8, 4) is 0 Å². The number of amides is 1. The number of rotatable bonds is 7. The van der Waals surface area contributed by atoms with Crippen molar-refractivity contribution in [1.82, 2.24) is 10.2 Å². The number of piperidine rings is 1. The number of hydrogen-bond donors (Lipinski definition) is 1. The van der Waals surface area contributed by atoms with E-state index in [1.165, 1.54) is 36.9 Å². The second kappa shape index (κ2) is 8.18. The molecular formula is C24H34N2O. The van der Waals surface area contributed by atoms with E-state index >= 15 is 0 Å². The summed E-state index contributed by atoms with van der Waals surface area (Å²) >= 11 is 0. The Kier molecular flexibility index (Phi) is 5.68. The zero-order valence-electron chi connectivity index (χ0n) is 16.9. The summed E-state index contributed by atoms with van der Waals surface area (Å²) < 4.78 is 0. The minimum absolute atomic E-state index is 0.262. The van der Waals surface area contributed by atoms with Crippen molar-refractivity contribution in [1.29, 1.82) is 0 Å². The first-order chi connectivity index (χ1) is 13.1. The third-order valence-corrected chi connectivity index (χ3v) is 6.60. The van der Waals surface area contributed by atoms with Crippen molar-refractivity contribution in [3.63, 3.8) is 0 Å². The highest BCUT2D eigenvalue weighted by Gasteiger charge is 2.48. The Labute approximate surface area is 164 Å². The Bertz CT molecular complexity index is 677. The van der Waals surface area contributed by atoms with Crippen molar-refractivity contribution in [2.24, 2.45) is 23.7 Å². The number of hydrogen-bond acceptors (Lipinski definition) is 2. The van der Waals surface area contributed by atoms with Gasteiger partial charge < -0.3 is 5.32 Å². The van der Waals surface area contributed by atoms with Crippen molar-refractivity contribution >= 4 is 11.5 Å². The normalized spacial score (nSPS) is 28.6. The maximum Gasteiger partial charge on any atom is 0.223 e.